The molecule has 0 atom stereocenters. The highest BCUT2D eigenvalue weighted by atomic mass is 35.5. The molecule has 0 radical (unpaired) electrons. The van der Waals surface area contributed by atoms with Gasteiger partial charge in [0.05, 0.1) is 5.69 Å². The van der Waals surface area contributed by atoms with Gasteiger partial charge in [-0.25, -0.2) is 4.98 Å². The molecule has 0 aromatic carbocycles. The number of likely N-dealkylation sites (tertiary alicyclic amines) is 1. The summed E-state index contributed by atoms with van der Waals surface area (Å²) in [6.45, 7) is 1.66. The van der Waals surface area contributed by atoms with Crippen LogP contribution in [0, 0.1) is 0 Å². The number of hydrogen-bond donors (Lipinski definition) is 3. The molecule has 23 heavy (non-hydrogen) atoms. The van der Waals surface area contributed by atoms with Gasteiger partial charge in [0.2, 0.25) is 5.13 Å². The lowest BCUT2D eigenvalue weighted by molar-refractivity contribution is 0.0719. The molecule has 0 aliphatic carbocycles. The molecule has 2 aromatic heterocycles. The number of H-pyrrole nitrogens is 1. The number of amides is 1. The molecule has 1 amide bonds. The first-order chi connectivity index (χ1) is 10.6. The Hall–Kier alpha value is -2.06. The minimum atomic E-state index is -0.0177. The molecule has 0 bridgehead atoms. The summed E-state index contributed by atoms with van der Waals surface area (Å²) >= 11 is 1.35. The highest BCUT2D eigenvalue weighted by Gasteiger charge is 2.20. The maximum atomic E-state index is 12.4. The molecule has 3 rings (SSSR count). The van der Waals surface area contributed by atoms with Crippen LogP contribution in [0.4, 0.5) is 5.13 Å². The number of rotatable bonds is 3. The largest absolute Gasteiger partial charge is 0.370 e. The van der Waals surface area contributed by atoms with Crippen molar-refractivity contribution in [3.8, 4) is 11.3 Å². The first kappa shape index (κ1) is 17.3. The van der Waals surface area contributed by atoms with Crippen LogP contribution in [-0.4, -0.2) is 39.8 Å². The van der Waals surface area contributed by atoms with Gasteiger partial charge in [0.15, 0.2) is 5.96 Å². The summed E-state index contributed by atoms with van der Waals surface area (Å²) in [4.78, 5) is 25.6. The quantitative estimate of drug-likeness (QED) is 0.578. The van der Waals surface area contributed by atoms with Gasteiger partial charge in [-0.3, -0.25) is 4.79 Å². The van der Waals surface area contributed by atoms with Crippen molar-refractivity contribution < 1.29 is 4.79 Å². The summed E-state index contributed by atoms with van der Waals surface area (Å²) in [5.74, 6) is 0.0292. The number of aliphatic imine (C=N–C) groups is 1. The van der Waals surface area contributed by atoms with Crippen LogP contribution in [0.1, 0.15) is 29.8 Å². The lowest BCUT2D eigenvalue weighted by Gasteiger charge is -2.26. The van der Waals surface area contributed by atoms with Crippen LogP contribution in [0.5, 0.6) is 0 Å². The fourth-order valence-electron chi connectivity index (χ4n) is 2.49. The van der Waals surface area contributed by atoms with Crippen LogP contribution >= 0.6 is 23.7 Å². The molecule has 1 aliphatic heterocycles. The van der Waals surface area contributed by atoms with Gasteiger partial charge >= 0.3 is 0 Å². The monoisotopic (exact) mass is 354 g/mol. The van der Waals surface area contributed by atoms with Gasteiger partial charge in [0.25, 0.3) is 5.91 Å². The van der Waals surface area contributed by atoms with Crippen molar-refractivity contribution in [2.75, 3.05) is 13.1 Å². The number of aromatic amines is 1. The van der Waals surface area contributed by atoms with Crippen LogP contribution in [0.25, 0.3) is 11.3 Å². The number of nitrogens with one attached hydrogen (secondary N) is 1. The first-order valence-electron chi connectivity index (χ1n) is 7.17. The van der Waals surface area contributed by atoms with Gasteiger partial charge in [-0.1, -0.05) is 0 Å². The van der Waals surface area contributed by atoms with Crippen LogP contribution in [0.15, 0.2) is 22.6 Å². The number of nitrogens with two attached hydrogens (primary N) is 2. The standard InChI is InChI=1S/C14H18N6OS.ClH/c15-13(16)19-14-18-11(8-22-14)9-6-10(17-7-9)12(21)20-4-2-1-3-5-20;/h6-8,17H,1-5H2,(H4,15,16,18,19);1H. The number of thiazole rings is 1. The molecule has 0 saturated carbocycles. The van der Waals surface area contributed by atoms with E-state index in [-0.39, 0.29) is 24.3 Å². The highest BCUT2D eigenvalue weighted by molar-refractivity contribution is 7.13. The number of carbonyl (C=O) groups excluding carboxylic acids is 1. The Morgan fingerprint density at radius 3 is 2.74 bits per heavy atom. The number of piperidine rings is 1. The lowest BCUT2D eigenvalue weighted by Crippen LogP contribution is -2.35. The summed E-state index contributed by atoms with van der Waals surface area (Å²) in [5, 5.41) is 2.36. The summed E-state index contributed by atoms with van der Waals surface area (Å²) in [5.41, 5.74) is 12.9. The third-order valence-electron chi connectivity index (χ3n) is 3.57. The Kier molecular flexibility index (Phi) is 5.62. The summed E-state index contributed by atoms with van der Waals surface area (Å²) < 4.78 is 0. The van der Waals surface area contributed by atoms with Crippen LogP contribution in [-0.2, 0) is 0 Å². The molecule has 2 aromatic rings. The number of aromatic nitrogens is 2. The van der Waals surface area contributed by atoms with E-state index in [9.17, 15) is 4.79 Å². The van der Waals surface area contributed by atoms with Gasteiger partial charge in [0.1, 0.15) is 5.69 Å². The smallest absolute Gasteiger partial charge is 0.270 e. The predicted molar refractivity (Wildman–Crippen MR) is 94.4 cm³/mol. The molecule has 1 fully saturated rings. The van der Waals surface area contributed by atoms with Crippen molar-refractivity contribution in [1.29, 1.82) is 0 Å². The van der Waals surface area contributed by atoms with E-state index in [1.54, 1.807) is 6.20 Å². The van der Waals surface area contributed by atoms with Crippen molar-refractivity contribution in [2.24, 2.45) is 16.5 Å². The molecule has 1 saturated heterocycles. The van der Waals surface area contributed by atoms with Crippen LogP contribution in [0.3, 0.4) is 0 Å². The molecular formula is C14H19ClN6OS. The normalized spacial score (nSPS) is 14.2. The maximum Gasteiger partial charge on any atom is 0.270 e. The zero-order valence-electron chi connectivity index (χ0n) is 12.5. The minimum absolute atomic E-state index is 0. The zero-order chi connectivity index (χ0) is 15.5. The topological polar surface area (TPSA) is 113 Å². The fraction of sp³-hybridized carbons (Fsp3) is 0.357. The Balaban J connectivity index is 0.00000192. The van der Waals surface area contributed by atoms with Crippen molar-refractivity contribution in [3.05, 3.63) is 23.3 Å². The second-order valence-electron chi connectivity index (χ2n) is 5.21. The van der Waals surface area contributed by atoms with E-state index in [4.69, 9.17) is 11.5 Å². The van der Waals surface area contributed by atoms with E-state index < -0.39 is 0 Å². The van der Waals surface area contributed by atoms with Crippen molar-refractivity contribution in [1.82, 2.24) is 14.9 Å². The summed E-state index contributed by atoms with van der Waals surface area (Å²) in [6.07, 6.45) is 5.14. The van der Waals surface area contributed by atoms with E-state index in [1.165, 1.54) is 17.8 Å². The Morgan fingerprint density at radius 1 is 1.30 bits per heavy atom. The second-order valence-corrected chi connectivity index (χ2v) is 6.04. The van der Waals surface area contributed by atoms with Crippen molar-refractivity contribution in [3.63, 3.8) is 0 Å². The number of carbonyl (C=O) groups is 1. The first-order valence-corrected chi connectivity index (χ1v) is 8.04. The summed E-state index contributed by atoms with van der Waals surface area (Å²) in [7, 11) is 0. The molecule has 9 heteroatoms. The fourth-order valence-corrected chi connectivity index (χ4v) is 3.21. The van der Waals surface area contributed by atoms with Gasteiger partial charge < -0.3 is 21.4 Å². The Bertz CT molecular complexity index is 700. The SMILES string of the molecule is Cl.NC(N)=Nc1nc(-c2c[nH]c(C(=O)N3CCCCC3)c2)cs1. The average molecular weight is 355 g/mol. The van der Waals surface area contributed by atoms with E-state index in [1.807, 2.05) is 16.3 Å². The Morgan fingerprint density at radius 2 is 2.04 bits per heavy atom. The number of nitrogens with zero attached hydrogens (tertiary/aromatic N) is 3. The number of hydrogen-bond acceptors (Lipinski definition) is 4. The van der Waals surface area contributed by atoms with Gasteiger partial charge in [-0.15, -0.1) is 23.7 Å². The van der Waals surface area contributed by atoms with Crippen molar-refractivity contribution >= 4 is 40.7 Å². The molecule has 124 valence electrons. The second kappa shape index (κ2) is 7.47. The van der Waals surface area contributed by atoms with Crippen LogP contribution < -0.4 is 11.5 Å². The predicted octanol–water partition coefficient (Wildman–Crippen LogP) is 2.09. The molecule has 1 aliphatic rings. The molecule has 7 nitrogen and oxygen atoms in total. The molecule has 5 N–H and O–H groups in total. The minimum Gasteiger partial charge on any atom is -0.370 e. The third kappa shape index (κ3) is 4.02. The third-order valence-corrected chi connectivity index (χ3v) is 4.30. The van der Waals surface area contributed by atoms with Crippen molar-refractivity contribution in [2.45, 2.75) is 19.3 Å². The van der Waals surface area contributed by atoms with Crippen LogP contribution in [0.2, 0.25) is 0 Å². The maximum absolute atomic E-state index is 12.4. The molecule has 0 spiro atoms. The lowest BCUT2D eigenvalue weighted by atomic mass is 10.1. The van der Waals surface area contributed by atoms with E-state index >= 15 is 0 Å². The molecule has 3 heterocycles. The van der Waals surface area contributed by atoms with Gasteiger partial charge in [-0.2, -0.15) is 4.99 Å². The summed E-state index contributed by atoms with van der Waals surface area (Å²) in [6, 6.07) is 1.82. The van der Waals surface area contributed by atoms with Gasteiger partial charge in [0, 0.05) is 30.2 Å². The van der Waals surface area contributed by atoms with E-state index in [0.29, 0.717) is 10.8 Å². The number of halogens is 1. The van der Waals surface area contributed by atoms with E-state index in [2.05, 4.69) is 15.0 Å². The average Bonchev–Trinajstić information content (AvgIpc) is 3.15. The Labute approximate surface area is 144 Å². The zero-order valence-corrected chi connectivity index (χ0v) is 14.1. The molecular weight excluding hydrogens is 336 g/mol. The van der Waals surface area contributed by atoms with E-state index in [0.717, 1.165) is 37.2 Å². The highest BCUT2D eigenvalue weighted by Crippen LogP contribution is 2.27. The van der Waals surface area contributed by atoms with Gasteiger partial charge in [-0.05, 0) is 25.3 Å². The number of guanidine groups is 1. The molecule has 0 unspecified atom stereocenters.